The molecule has 1 aromatic carbocycles. The van der Waals surface area contributed by atoms with Crippen LogP contribution in [0.25, 0.3) is 0 Å². The summed E-state index contributed by atoms with van der Waals surface area (Å²) in [5, 5.41) is 21.5. The number of amides is 1. The van der Waals surface area contributed by atoms with Gasteiger partial charge in [0.25, 0.3) is 5.91 Å². The van der Waals surface area contributed by atoms with Gasteiger partial charge in [0.05, 0.1) is 5.56 Å². The van der Waals surface area contributed by atoms with Crippen molar-refractivity contribution in [1.82, 2.24) is 9.97 Å². The third kappa shape index (κ3) is 2.92. The Hall–Kier alpha value is -2.34. The van der Waals surface area contributed by atoms with Crippen molar-refractivity contribution in [3.8, 4) is 11.5 Å². The average Bonchev–Trinajstić information content (AvgIpc) is 2.31. The zero-order valence-corrected chi connectivity index (χ0v) is 10.6. The molecule has 0 aliphatic heterocycles. The molecule has 0 aliphatic rings. The molecule has 2 rings (SSSR count). The molecule has 0 saturated heterocycles. The Morgan fingerprint density at radius 2 is 2.05 bits per heavy atom. The molecule has 0 spiro atoms. The number of nitrogens with one attached hydrogen (secondary N) is 1. The van der Waals surface area contributed by atoms with Crippen LogP contribution in [0.4, 0.5) is 5.95 Å². The number of rotatable bonds is 2. The van der Waals surface area contributed by atoms with E-state index < -0.39 is 11.7 Å². The Bertz CT molecular complexity index is 626. The minimum atomic E-state index is -0.643. The maximum absolute atomic E-state index is 11.9. The first-order chi connectivity index (χ1) is 8.97. The number of phenols is 2. The molecular formula is C12H10ClN3O3. The topological polar surface area (TPSA) is 95.3 Å². The van der Waals surface area contributed by atoms with Crippen LogP contribution >= 0.6 is 11.6 Å². The van der Waals surface area contributed by atoms with Crippen LogP contribution in [0.2, 0.25) is 5.15 Å². The number of halogens is 1. The molecular weight excluding hydrogens is 270 g/mol. The van der Waals surface area contributed by atoms with Crippen LogP contribution in [0, 0.1) is 6.92 Å². The van der Waals surface area contributed by atoms with Gasteiger partial charge < -0.3 is 10.2 Å². The summed E-state index contributed by atoms with van der Waals surface area (Å²) < 4.78 is 0. The summed E-state index contributed by atoms with van der Waals surface area (Å²) in [5.74, 6) is -1.50. The number of benzene rings is 1. The lowest BCUT2D eigenvalue weighted by Gasteiger charge is -2.07. The van der Waals surface area contributed by atoms with Crippen molar-refractivity contribution in [2.24, 2.45) is 0 Å². The monoisotopic (exact) mass is 279 g/mol. The molecule has 7 heteroatoms. The lowest BCUT2D eigenvalue weighted by Crippen LogP contribution is -2.14. The highest BCUT2D eigenvalue weighted by molar-refractivity contribution is 6.29. The summed E-state index contributed by atoms with van der Waals surface area (Å²) in [4.78, 5) is 19.7. The van der Waals surface area contributed by atoms with Crippen molar-refractivity contribution in [3.63, 3.8) is 0 Å². The number of hydrogen-bond acceptors (Lipinski definition) is 5. The van der Waals surface area contributed by atoms with Crippen molar-refractivity contribution >= 4 is 23.5 Å². The Kier molecular flexibility index (Phi) is 3.52. The predicted molar refractivity (Wildman–Crippen MR) is 69.5 cm³/mol. The standard InChI is InChI=1S/C12H10ClN3O3/c1-6-5-9(13)15-12(14-6)16-11(19)7-3-2-4-8(17)10(7)18/h2-5,17-18H,1H3,(H,14,15,16,19). The fraction of sp³-hybridized carbons (Fsp3) is 0.0833. The number of phenolic OH excluding ortho intramolecular Hbond substituents is 2. The quantitative estimate of drug-likeness (QED) is 0.578. The van der Waals surface area contributed by atoms with E-state index in [9.17, 15) is 15.0 Å². The first-order valence-corrected chi connectivity index (χ1v) is 5.68. The van der Waals surface area contributed by atoms with Crippen molar-refractivity contribution in [1.29, 1.82) is 0 Å². The highest BCUT2D eigenvalue weighted by Crippen LogP contribution is 2.28. The third-order valence-electron chi connectivity index (χ3n) is 2.31. The van der Waals surface area contributed by atoms with E-state index in [1.807, 2.05) is 0 Å². The molecule has 2 aromatic rings. The normalized spacial score (nSPS) is 10.2. The maximum Gasteiger partial charge on any atom is 0.261 e. The molecule has 98 valence electrons. The van der Waals surface area contributed by atoms with Crippen LogP contribution in [0.5, 0.6) is 11.5 Å². The largest absolute Gasteiger partial charge is 0.504 e. The van der Waals surface area contributed by atoms with Crippen molar-refractivity contribution in [2.45, 2.75) is 6.92 Å². The van der Waals surface area contributed by atoms with E-state index in [0.29, 0.717) is 5.69 Å². The van der Waals surface area contributed by atoms with Gasteiger partial charge in [-0.15, -0.1) is 0 Å². The fourth-order valence-corrected chi connectivity index (χ4v) is 1.71. The lowest BCUT2D eigenvalue weighted by atomic mass is 10.2. The van der Waals surface area contributed by atoms with Gasteiger partial charge in [0.15, 0.2) is 11.5 Å². The molecule has 1 amide bonds. The zero-order valence-electron chi connectivity index (χ0n) is 9.88. The number of aromatic hydroxyl groups is 2. The van der Waals surface area contributed by atoms with Gasteiger partial charge >= 0.3 is 0 Å². The Balaban J connectivity index is 2.28. The summed E-state index contributed by atoms with van der Waals surface area (Å²) in [6, 6.07) is 5.62. The maximum atomic E-state index is 11.9. The second-order valence-corrected chi connectivity index (χ2v) is 4.17. The number of aryl methyl sites for hydroxylation is 1. The highest BCUT2D eigenvalue weighted by Gasteiger charge is 2.15. The lowest BCUT2D eigenvalue weighted by molar-refractivity contribution is 0.102. The van der Waals surface area contributed by atoms with Crippen LogP contribution in [0.3, 0.4) is 0 Å². The molecule has 1 heterocycles. The Morgan fingerprint density at radius 1 is 1.32 bits per heavy atom. The van der Waals surface area contributed by atoms with Gasteiger partial charge in [-0.05, 0) is 25.1 Å². The minimum Gasteiger partial charge on any atom is -0.504 e. The molecule has 0 unspecified atom stereocenters. The van der Waals surface area contributed by atoms with Gasteiger partial charge in [0.2, 0.25) is 5.95 Å². The molecule has 6 nitrogen and oxygen atoms in total. The van der Waals surface area contributed by atoms with E-state index >= 15 is 0 Å². The average molecular weight is 280 g/mol. The van der Waals surface area contributed by atoms with Gasteiger partial charge in [-0.2, -0.15) is 0 Å². The molecule has 0 fully saturated rings. The summed E-state index contributed by atoms with van der Waals surface area (Å²) >= 11 is 5.74. The minimum absolute atomic E-state index is 0.0257. The van der Waals surface area contributed by atoms with Gasteiger partial charge in [-0.3, -0.25) is 10.1 Å². The van der Waals surface area contributed by atoms with Crippen LogP contribution in [0.15, 0.2) is 24.3 Å². The number of carbonyl (C=O) groups is 1. The van der Waals surface area contributed by atoms with E-state index in [0.717, 1.165) is 0 Å². The van der Waals surface area contributed by atoms with Crippen LogP contribution < -0.4 is 5.32 Å². The number of anilines is 1. The van der Waals surface area contributed by atoms with Crippen molar-refractivity contribution < 1.29 is 15.0 Å². The van der Waals surface area contributed by atoms with Gasteiger partial charge in [0.1, 0.15) is 5.15 Å². The number of carbonyl (C=O) groups excluding carboxylic acids is 1. The van der Waals surface area contributed by atoms with E-state index in [1.165, 1.54) is 18.2 Å². The SMILES string of the molecule is Cc1cc(Cl)nc(NC(=O)c2cccc(O)c2O)n1. The fourth-order valence-electron chi connectivity index (χ4n) is 1.47. The molecule has 0 atom stereocenters. The number of para-hydroxylation sites is 1. The predicted octanol–water partition coefficient (Wildman–Crippen LogP) is 2.10. The first kappa shape index (κ1) is 13.1. The summed E-state index contributed by atoms with van der Waals surface area (Å²) in [5.41, 5.74) is 0.511. The summed E-state index contributed by atoms with van der Waals surface area (Å²) in [6.07, 6.45) is 0. The molecule has 19 heavy (non-hydrogen) atoms. The van der Waals surface area contributed by atoms with E-state index in [1.54, 1.807) is 13.0 Å². The number of hydrogen-bond donors (Lipinski definition) is 3. The molecule has 0 saturated carbocycles. The summed E-state index contributed by atoms with van der Waals surface area (Å²) in [6.45, 7) is 1.70. The van der Waals surface area contributed by atoms with Crippen LogP contribution in [0.1, 0.15) is 16.1 Å². The second kappa shape index (κ2) is 5.11. The molecule has 0 radical (unpaired) electrons. The number of aromatic nitrogens is 2. The van der Waals surface area contributed by atoms with Crippen molar-refractivity contribution in [2.75, 3.05) is 5.32 Å². The van der Waals surface area contributed by atoms with Crippen LogP contribution in [-0.4, -0.2) is 26.1 Å². The Morgan fingerprint density at radius 3 is 2.74 bits per heavy atom. The van der Waals surface area contributed by atoms with Gasteiger partial charge in [-0.25, -0.2) is 9.97 Å². The number of nitrogens with zero attached hydrogens (tertiary/aromatic N) is 2. The highest BCUT2D eigenvalue weighted by atomic mass is 35.5. The van der Waals surface area contributed by atoms with Crippen molar-refractivity contribution in [3.05, 3.63) is 40.7 Å². The molecule has 0 aliphatic carbocycles. The van der Waals surface area contributed by atoms with E-state index in [-0.39, 0.29) is 22.4 Å². The van der Waals surface area contributed by atoms with Gasteiger partial charge in [0, 0.05) is 5.69 Å². The van der Waals surface area contributed by atoms with E-state index in [4.69, 9.17) is 11.6 Å². The van der Waals surface area contributed by atoms with Crippen LogP contribution in [-0.2, 0) is 0 Å². The summed E-state index contributed by atoms with van der Waals surface area (Å²) in [7, 11) is 0. The van der Waals surface area contributed by atoms with E-state index in [2.05, 4.69) is 15.3 Å². The zero-order chi connectivity index (χ0) is 14.0. The second-order valence-electron chi connectivity index (χ2n) is 3.78. The first-order valence-electron chi connectivity index (χ1n) is 5.31. The molecule has 1 aromatic heterocycles. The Labute approximate surface area is 113 Å². The van der Waals surface area contributed by atoms with Gasteiger partial charge in [-0.1, -0.05) is 17.7 Å². The molecule has 0 bridgehead atoms. The molecule has 3 N–H and O–H groups in total. The third-order valence-corrected chi connectivity index (χ3v) is 2.50. The smallest absolute Gasteiger partial charge is 0.261 e.